The van der Waals surface area contributed by atoms with Gasteiger partial charge in [-0.3, -0.25) is 4.79 Å². The Morgan fingerprint density at radius 1 is 0.839 bits per heavy atom. The molecule has 4 atom stereocenters. The van der Waals surface area contributed by atoms with Gasteiger partial charge in [0.2, 0.25) is 5.91 Å². The first-order valence-electron chi connectivity index (χ1n) is 11.3. The molecule has 2 fully saturated rings. The molecule has 5 heteroatoms. The molecular weight excluding hydrogens is 388 g/mol. The van der Waals surface area contributed by atoms with Gasteiger partial charge in [0, 0.05) is 23.0 Å². The number of carbonyl (C=O) groups is 2. The van der Waals surface area contributed by atoms with E-state index in [0.717, 1.165) is 19.5 Å². The summed E-state index contributed by atoms with van der Waals surface area (Å²) >= 11 is 0. The predicted octanol–water partition coefficient (Wildman–Crippen LogP) is 0.691. The lowest BCUT2D eigenvalue weighted by atomic mass is 9.82. The number of carboxylic acids is 1. The van der Waals surface area contributed by atoms with Gasteiger partial charge in [0.25, 0.3) is 0 Å². The van der Waals surface area contributed by atoms with E-state index in [0.29, 0.717) is 13.1 Å². The number of piperazine rings is 1. The van der Waals surface area contributed by atoms with E-state index in [1.807, 2.05) is 29.2 Å². The van der Waals surface area contributed by atoms with E-state index in [2.05, 4.69) is 48.5 Å². The van der Waals surface area contributed by atoms with Gasteiger partial charge in [0.05, 0.1) is 32.1 Å². The molecule has 0 radical (unpaired) electrons. The van der Waals surface area contributed by atoms with Crippen LogP contribution in [-0.4, -0.2) is 43.0 Å². The molecule has 1 aliphatic heterocycles. The molecule has 3 aliphatic rings. The molecule has 1 saturated heterocycles. The third-order valence-electron chi connectivity index (χ3n) is 7.41. The van der Waals surface area contributed by atoms with Crippen molar-refractivity contribution in [3.05, 3.63) is 83.9 Å². The highest BCUT2D eigenvalue weighted by molar-refractivity contribution is 5.86. The Labute approximate surface area is 183 Å². The molecule has 1 saturated carbocycles. The predicted molar refractivity (Wildman–Crippen MR) is 115 cm³/mol. The number of amides is 1. The van der Waals surface area contributed by atoms with Gasteiger partial charge < -0.3 is 19.7 Å². The summed E-state index contributed by atoms with van der Waals surface area (Å²) in [6, 6.07) is 21.3. The van der Waals surface area contributed by atoms with Crippen LogP contribution in [0.1, 0.15) is 23.6 Å². The molecule has 2 aromatic rings. The second-order valence-corrected chi connectivity index (χ2v) is 9.06. The number of aliphatic carboxylic acids is 1. The molecule has 2 aromatic carbocycles. The highest BCUT2D eigenvalue weighted by atomic mass is 16.4. The zero-order valence-corrected chi connectivity index (χ0v) is 17.5. The molecule has 31 heavy (non-hydrogen) atoms. The highest BCUT2D eigenvalue weighted by Gasteiger charge is 2.50. The first kappa shape index (κ1) is 20.0. The van der Waals surface area contributed by atoms with Gasteiger partial charge in [0.1, 0.15) is 6.04 Å². The lowest BCUT2D eigenvalue weighted by molar-refractivity contribution is -0.929. The minimum Gasteiger partial charge on any atom is -0.550 e. The van der Waals surface area contributed by atoms with E-state index < -0.39 is 17.8 Å². The average Bonchev–Trinajstić information content (AvgIpc) is 3.43. The van der Waals surface area contributed by atoms with Gasteiger partial charge in [0.15, 0.2) is 0 Å². The van der Waals surface area contributed by atoms with Gasteiger partial charge in [-0.15, -0.1) is 0 Å². The first-order valence-corrected chi connectivity index (χ1v) is 11.3. The van der Waals surface area contributed by atoms with Crippen LogP contribution in [0.25, 0.3) is 0 Å². The van der Waals surface area contributed by atoms with Crippen molar-refractivity contribution in [2.24, 2.45) is 23.7 Å². The summed E-state index contributed by atoms with van der Waals surface area (Å²) in [4.78, 5) is 28.4. The maximum absolute atomic E-state index is 13.3. The van der Waals surface area contributed by atoms with E-state index >= 15 is 0 Å². The smallest absolute Gasteiger partial charge is 0.227 e. The molecular formula is C26H28N2O3. The number of carboxylic acid groups (broad SMARTS) is 1. The van der Waals surface area contributed by atoms with Crippen LogP contribution >= 0.6 is 0 Å². The number of fused-ring (bicyclic) bond motifs is 2. The van der Waals surface area contributed by atoms with Crippen molar-refractivity contribution in [1.82, 2.24) is 4.90 Å². The Hall–Kier alpha value is -2.92. The molecule has 2 aliphatic carbocycles. The molecule has 5 nitrogen and oxygen atoms in total. The maximum Gasteiger partial charge on any atom is 0.227 e. The Morgan fingerprint density at radius 2 is 1.35 bits per heavy atom. The second-order valence-electron chi connectivity index (χ2n) is 9.06. The molecule has 0 aromatic heterocycles. The fourth-order valence-corrected chi connectivity index (χ4v) is 5.95. The Kier molecular flexibility index (Phi) is 5.36. The molecule has 5 rings (SSSR count). The monoisotopic (exact) mass is 416 g/mol. The Bertz CT molecular complexity index is 927. The van der Waals surface area contributed by atoms with Crippen molar-refractivity contribution >= 4 is 11.9 Å². The molecule has 2 bridgehead atoms. The summed E-state index contributed by atoms with van der Waals surface area (Å²) in [5.41, 5.74) is 2.55. The third-order valence-corrected chi connectivity index (χ3v) is 7.41. The highest BCUT2D eigenvalue weighted by Crippen LogP contribution is 2.48. The maximum atomic E-state index is 13.3. The fourth-order valence-electron chi connectivity index (χ4n) is 5.95. The summed E-state index contributed by atoms with van der Waals surface area (Å²) in [6.45, 7) is 2.99. The lowest BCUT2D eigenvalue weighted by Gasteiger charge is -2.39. The fraction of sp³-hybridized carbons (Fsp3) is 0.385. The number of benzene rings is 2. The van der Waals surface area contributed by atoms with E-state index in [1.54, 1.807) is 0 Å². The van der Waals surface area contributed by atoms with Crippen molar-refractivity contribution in [3.8, 4) is 0 Å². The minimum atomic E-state index is -1.08. The molecule has 1 amide bonds. The zero-order valence-electron chi connectivity index (χ0n) is 17.5. The van der Waals surface area contributed by atoms with Crippen LogP contribution in [-0.2, 0) is 9.59 Å². The average molecular weight is 417 g/mol. The van der Waals surface area contributed by atoms with Crippen LogP contribution in [0, 0.1) is 23.7 Å². The van der Waals surface area contributed by atoms with Gasteiger partial charge in [-0.05, 0) is 18.3 Å². The number of carbonyl (C=O) groups excluding carboxylic acids is 2. The molecule has 1 heterocycles. The van der Waals surface area contributed by atoms with Crippen molar-refractivity contribution in [2.45, 2.75) is 12.5 Å². The lowest BCUT2D eigenvalue weighted by Crippen LogP contribution is -3.15. The zero-order chi connectivity index (χ0) is 21.4. The summed E-state index contributed by atoms with van der Waals surface area (Å²) in [5.74, 6) is -2.20. The van der Waals surface area contributed by atoms with Gasteiger partial charge in [-0.2, -0.15) is 0 Å². The summed E-state index contributed by atoms with van der Waals surface area (Å²) in [7, 11) is 0. The van der Waals surface area contributed by atoms with E-state index in [1.165, 1.54) is 16.0 Å². The van der Waals surface area contributed by atoms with Crippen molar-refractivity contribution in [2.75, 3.05) is 26.2 Å². The van der Waals surface area contributed by atoms with Crippen molar-refractivity contribution in [3.63, 3.8) is 0 Å². The third kappa shape index (κ3) is 3.68. The first-order chi connectivity index (χ1) is 15.1. The number of hydrogen-bond acceptors (Lipinski definition) is 3. The van der Waals surface area contributed by atoms with E-state index in [4.69, 9.17) is 0 Å². The quantitative estimate of drug-likeness (QED) is 0.730. The topological polar surface area (TPSA) is 64.9 Å². The van der Waals surface area contributed by atoms with Gasteiger partial charge in [-0.1, -0.05) is 72.8 Å². The van der Waals surface area contributed by atoms with Crippen molar-refractivity contribution < 1.29 is 19.6 Å². The van der Waals surface area contributed by atoms with E-state index in [-0.39, 0.29) is 23.8 Å². The summed E-state index contributed by atoms with van der Waals surface area (Å²) in [6.07, 6.45) is 4.76. The molecule has 0 unspecified atom stereocenters. The number of hydrogen-bond donors (Lipinski definition) is 1. The number of quaternary nitrogens is 1. The van der Waals surface area contributed by atoms with Crippen LogP contribution in [0.15, 0.2) is 72.8 Å². The van der Waals surface area contributed by atoms with Crippen LogP contribution in [0.3, 0.4) is 0 Å². The number of nitrogens with zero attached hydrogens (tertiary/aromatic N) is 1. The van der Waals surface area contributed by atoms with E-state index in [9.17, 15) is 14.7 Å². The minimum absolute atomic E-state index is 0.000993. The molecule has 0 spiro atoms. The van der Waals surface area contributed by atoms with Crippen LogP contribution in [0.2, 0.25) is 0 Å². The summed E-state index contributed by atoms with van der Waals surface area (Å²) < 4.78 is 0. The molecule has 1 N–H and O–H groups in total. The number of rotatable bonds is 5. The van der Waals surface area contributed by atoms with Crippen LogP contribution in [0.4, 0.5) is 0 Å². The van der Waals surface area contributed by atoms with Crippen LogP contribution < -0.4 is 10.0 Å². The molecule has 160 valence electrons. The normalized spacial score (nSPS) is 27.7. The number of nitrogens with one attached hydrogen (secondary N) is 1. The Balaban J connectivity index is 1.32. The number of allylic oxidation sites excluding steroid dienone is 2. The van der Waals surface area contributed by atoms with Gasteiger partial charge in [-0.25, -0.2) is 0 Å². The largest absolute Gasteiger partial charge is 0.550 e. The SMILES string of the molecule is O=C([O-])[C@@H]1[C@H](C(=O)N2CC[NH+](C(c3ccccc3)c3ccccc3)CC2)[C@@H]2C=C[C@H]1C2. The van der Waals surface area contributed by atoms with Gasteiger partial charge >= 0.3 is 0 Å². The standard InChI is InChI=1S/C26H28N2O3/c29-25(22-20-11-12-21(17-20)23(22)26(30)31)28-15-13-27(14-16-28)24(18-7-3-1-4-8-18)19-9-5-2-6-10-19/h1-12,20-24H,13-17H2,(H,30,31)/t20-,21+,22-,23+/m1/s1. The Morgan fingerprint density at radius 3 is 1.87 bits per heavy atom. The summed E-state index contributed by atoms with van der Waals surface area (Å²) in [5, 5.41) is 11.7. The van der Waals surface area contributed by atoms with Crippen LogP contribution in [0.5, 0.6) is 0 Å². The second kappa shape index (κ2) is 8.31. The van der Waals surface area contributed by atoms with Crippen molar-refractivity contribution in [1.29, 1.82) is 0 Å².